The minimum atomic E-state index is 0.632. The van der Waals surface area contributed by atoms with E-state index in [9.17, 15) is 0 Å². The Morgan fingerprint density at radius 3 is 1.59 bits per heavy atom. The first kappa shape index (κ1) is 24.1. The molecule has 0 aromatic heterocycles. The molecule has 0 amide bonds. The molecule has 0 heterocycles. The molecule has 0 aliphatic heterocycles. The zero-order chi connectivity index (χ0) is 19.3. The molecule has 1 aromatic carbocycles. The van der Waals surface area contributed by atoms with E-state index in [1.54, 1.807) is 0 Å². The van der Waals surface area contributed by atoms with E-state index in [2.05, 4.69) is 19.1 Å². The van der Waals surface area contributed by atoms with E-state index in [-0.39, 0.29) is 0 Å². The van der Waals surface area contributed by atoms with Gasteiger partial charge in [-0.25, -0.2) is 0 Å². The van der Waals surface area contributed by atoms with Crippen molar-refractivity contribution in [3.63, 3.8) is 0 Å². The van der Waals surface area contributed by atoms with Gasteiger partial charge in [0.2, 0.25) is 0 Å². The van der Waals surface area contributed by atoms with E-state index >= 15 is 0 Å². The maximum Gasteiger partial charge on any atom is 0.0718 e. The van der Waals surface area contributed by atoms with E-state index in [4.69, 9.17) is 14.2 Å². The van der Waals surface area contributed by atoms with Gasteiger partial charge in [0.05, 0.1) is 33.0 Å². The summed E-state index contributed by atoms with van der Waals surface area (Å²) < 4.78 is 16.7. The number of hydrogen-bond acceptors (Lipinski definition) is 3. The van der Waals surface area contributed by atoms with Gasteiger partial charge >= 0.3 is 0 Å². The van der Waals surface area contributed by atoms with Gasteiger partial charge in [-0.2, -0.15) is 0 Å². The average molecular weight is 379 g/mol. The second kappa shape index (κ2) is 19.9. The van der Waals surface area contributed by atoms with E-state index in [1.165, 1.54) is 76.2 Å². The lowest BCUT2D eigenvalue weighted by atomic mass is 10.1. The molecule has 0 spiro atoms. The average Bonchev–Trinajstić information content (AvgIpc) is 2.70. The predicted octanol–water partition coefficient (Wildman–Crippen LogP) is 6.55. The second-order valence-electron chi connectivity index (χ2n) is 7.30. The molecule has 0 N–H and O–H groups in total. The van der Waals surface area contributed by atoms with Crippen LogP contribution in [-0.4, -0.2) is 33.0 Å². The number of benzene rings is 1. The smallest absolute Gasteiger partial charge is 0.0718 e. The molecule has 0 saturated heterocycles. The van der Waals surface area contributed by atoms with Crippen molar-refractivity contribution in [2.45, 2.75) is 84.2 Å². The van der Waals surface area contributed by atoms with Crippen LogP contribution >= 0.6 is 0 Å². The summed E-state index contributed by atoms with van der Waals surface area (Å²) in [6.45, 7) is 6.41. The minimum absolute atomic E-state index is 0.632. The molecule has 3 heteroatoms. The first-order valence-corrected chi connectivity index (χ1v) is 11.2. The number of rotatable bonds is 20. The molecule has 3 nitrogen and oxygen atoms in total. The molecule has 0 unspecified atom stereocenters. The Labute approximate surface area is 167 Å². The largest absolute Gasteiger partial charge is 0.379 e. The maximum absolute atomic E-state index is 5.63. The predicted molar refractivity (Wildman–Crippen MR) is 114 cm³/mol. The molecule has 0 aliphatic carbocycles. The SMILES string of the molecule is CCCCCCCCCCCCCOCCOCCOCc1ccccc1. The fraction of sp³-hybridized carbons (Fsp3) is 0.750. The van der Waals surface area contributed by atoms with Crippen molar-refractivity contribution >= 4 is 0 Å². The van der Waals surface area contributed by atoms with E-state index in [0.29, 0.717) is 33.0 Å². The number of unbranched alkanes of at least 4 members (excludes halogenated alkanes) is 10. The Morgan fingerprint density at radius 1 is 0.519 bits per heavy atom. The molecule has 0 bridgehead atoms. The highest BCUT2D eigenvalue weighted by Crippen LogP contribution is 2.11. The van der Waals surface area contributed by atoms with Crippen molar-refractivity contribution in [2.24, 2.45) is 0 Å². The highest BCUT2D eigenvalue weighted by atomic mass is 16.5. The zero-order valence-corrected chi connectivity index (χ0v) is 17.6. The van der Waals surface area contributed by atoms with E-state index in [0.717, 1.165) is 6.61 Å². The monoisotopic (exact) mass is 378 g/mol. The summed E-state index contributed by atoms with van der Waals surface area (Å²) >= 11 is 0. The third kappa shape index (κ3) is 17.0. The fourth-order valence-corrected chi connectivity index (χ4v) is 3.07. The topological polar surface area (TPSA) is 27.7 Å². The second-order valence-corrected chi connectivity index (χ2v) is 7.30. The van der Waals surface area contributed by atoms with Gasteiger partial charge in [-0.1, -0.05) is 101 Å². The van der Waals surface area contributed by atoms with Crippen LogP contribution in [0.4, 0.5) is 0 Å². The van der Waals surface area contributed by atoms with Crippen LogP contribution in [-0.2, 0) is 20.8 Å². The molecule has 0 radical (unpaired) electrons. The van der Waals surface area contributed by atoms with Crippen LogP contribution in [0.15, 0.2) is 30.3 Å². The quantitative estimate of drug-likeness (QED) is 0.241. The first-order chi connectivity index (χ1) is 13.4. The van der Waals surface area contributed by atoms with Crippen LogP contribution in [0.2, 0.25) is 0 Å². The molecule has 0 atom stereocenters. The van der Waals surface area contributed by atoms with Gasteiger partial charge in [0.15, 0.2) is 0 Å². The van der Waals surface area contributed by atoms with Crippen molar-refractivity contribution in [3.8, 4) is 0 Å². The molecule has 156 valence electrons. The lowest BCUT2D eigenvalue weighted by molar-refractivity contribution is 0.0100. The van der Waals surface area contributed by atoms with Crippen molar-refractivity contribution in [1.82, 2.24) is 0 Å². The standard InChI is InChI=1S/C24H42O3/c1-2-3-4-5-6-7-8-9-10-11-15-18-25-19-20-26-21-22-27-23-24-16-13-12-14-17-24/h12-14,16-17H,2-11,15,18-23H2,1H3. The van der Waals surface area contributed by atoms with Gasteiger partial charge in [0.1, 0.15) is 0 Å². The van der Waals surface area contributed by atoms with Crippen LogP contribution < -0.4 is 0 Å². The van der Waals surface area contributed by atoms with E-state index in [1.807, 2.05) is 18.2 Å². The Bertz CT molecular complexity index is 394. The van der Waals surface area contributed by atoms with Crippen molar-refractivity contribution < 1.29 is 14.2 Å². The molecule has 0 fully saturated rings. The molecular weight excluding hydrogens is 336 g/mol. The Morgan fingerprint density at radius 2 is 1.00 bits per heavy atom. The summed E-state index contributed by atoms with van der Waals surface area (Å²) in [6.07, 6.45) is 15.1. The number of ether oxygens (including phenoxy) is 3. The Balaban J connectivity index is 1.67. The van der Waals surface area contributed by atoms with Crippen molar-refractivity contribution in [2.75, 3.05) is 33.0 Å². The van der Waals surface area contributed by atoms with Crippen molar-refractivity contribution in [3.05, 3.63) is 35.9 Å². The van der Waals surface area contributed by atoms with Gasteiger partial charge < -0.3 is 14.2 Å². The normalized spacial score (nSPS) is 11.1. The summed E-state index contributed by atoms with van der Waals surface area (Å²) in [4.78, 5) is 0. The third-order valence-corrected chi connectivity index (χ3v) is 4.75. The molecular formula is C24H42O3. The van der Waals surface area contributed by atoms with Gasteiger partial charge in [-0.3, -0.25) is 0 Å². The van der Waals surface area contributed by atoms with Crippen LogP contribution in [0.1, 0.15) is 83.1 Å². The van der Waals surface area contributed by atoms with Gasteiger partial charge in [0, 0.05) is 6.61 Å². The molecule has 0 saturated carbocycles. The van der Waals surface area contributed by atoms with Crippen LogP contribution in [0.5, 0.6) is 0 Å². The summed E-state index contributed by atoms with van der Waals surface area (Å²) in [5.74, 6) is 0. The highest BCUT2D eigenvalue weighted by Gasteiger charge is 1.95. The summed E-state index contributed by atoms with van der Waals surface area (Å²) in [5, 5.41) is 0. The Hall–Kier alpha value is -0.900. The van der Waals surface area contributed by atoms with Crippen LogP contribution in [0, 0.1) is 0 Å². The van der Waals surface area contributed by atoms with Gasteiger partial charge in [-0.15, -0.1) is 0 Å². The van der Waals surface area contributed by atoms with Gasteiger partial charge in [0.25, 0.3) is 0 Å². The Kier molecular flexibility index (Phi) is 17.7. The van der Waals surface area contributed by atoms with Gasteiger partial charge in [-0.05, 0) is 12.0 Å². The first-order valence-electron chi connectivity index (χ1n) is 11.2. The summed E-state index contributed by atoms with van der Waals surface area (Å²) in [6, 6.07) is 10.2. The fourth-order valence-electron chi connectivity index (χ4n) is 3.07. The summed E-state index contributed by atoms with van der Waals surface area (Å²) in [5.41, 5.74) is 1.20. The lowest BCUT2D eigenvalue weighted by Gasteiger charge is -2.07. The number of hydrogen-bond donors (Lipinski definition) is 0. The molecule has 1 aromatic rings. The summed E-state index contributed by atoms with van der Waals surface area (Å²) in [7, 11) is 0. The highest BCUT2D eigenvalue weighted by molar-refractivity contribution is 5.13. The van der Waals surface area contributed by atoms with Crippen molar-refractivity contribution in [1.29, 1.82) is 0 Å². The maximum atomic E-state index is 5.63. The lowest BCUT2D eigenvalue weighted by Crippen LogP contribution is -2.09. The molecule has 27 heavy (non-hydrogen) atoms. The van der Waals surface area contributed by atoms with E-state index < -0.39 is 0 Å². The third-order valence-electron chi connectivity index (χ3n) is 4.75. The minimum Gasteiger partial charge on any atom is -0.379 e. The zero-order valence-electron chi connectivity index (χ0n) is 17.6. The van der Waals surface area contributed by atoms with Crippen LogP contribution in [0.3, 0.4) is 0 Å². The molecule has 0 aliphatic rings. The van der Waals surface area contributed by atoms with Crippen LogP contribution in [0.25, 0.3) is 0 Å². The molecule has 1 rings (SSSR count).